The van der Waals surface area contributed by atoms with Gasteiger partial charge in [-0.05, 0) is 43.1 Å². The number of aliphatic hydroxyl groups excluding tert-OH is 4. The van der Waals surface area contributed by atoms with Gasteiger partial charge in [-0.2, -0.15) is 0 Å². The van der Waals surface area contributed by atoms with Gasteiger partial charge in [0.15, 0.2) is 6.29 Å². The molecular weight excluding hydrogens is 500 g/mol. The Hall–Kier alpha value is -2.28. The van der Waals surface area contributed by atoms with Crippen LogP contribution in [-0.4, -0.2) is 82.9 Å². The first-order valence-electron chi connectivity index (χ1n) is 13.0. The Balaban J connectivity index is 1.50. The number of hydrogen-bond donors (Lipinski definition) is 4. The molecule has 1 aromatic heterocycles. The van der Waals surface area contributed by atoms with Crippen molar-refractivity contribution in [3.63, 3.8) is 0 Å². The number of carbonyl (C=O) groups is 2. The maximum atomic E-state index is 13.2. The Morgan fingerprint density at radius 2 is 1.97 bits per heavy atom. The molecule has 0 spiro atoms. The van der Waals surface area contributed by atoms with E-state index in [1.54, 1.807) is 6.07 Å². The van der Waals surface area contributed by atoms with Crippen LogP contribution in [0.4, 0.5) is 0 Å². The summed E-state index contributed by atoms with van der Waals surface area (Å²) in [6.45, 7) is 3.38. The van der Waals surface area contributed by atoms with E-state index in [4.69, 9.17) is 23.4 Å². The Morgan fingerprint density at radius 3 is 2.63 bits per heavy atom. The Kier molecular flexibility index (Phi) is 7.21. The van der Waals surface area contributed by atoms with E-state index in [2.05, 4.69) is 0 Å². The second-order valence-electron chi connectivity index (χ2n) is 11.3. The molecule has 2 bridgehead atoms. The molecule has 0 unspecified atom stereocenters. The molecule has 2 saturated heterocycles. The Labute approximate surface area is 220 Å². The minimum absolute atomic E-state index is 0.142. The van der Waals surface area contributed by atoms with Gasteiger partial charge in [0.05, 0.1) is 38.3 Å². The number of aliphatic hydroxyl groups is 4. The molecule has 0 radical (unpaired) electrons. The van der Waals surface area contributed by atoms with Crippen molar-refractivity contribution in [1.29, 1.82) is 0 Å². The molecule has 11 nitrogen and oxygen atoms in total. The van der Waals surface area contributed by atoms with E-state index in [1.807, 2.05) is 19.9 Å². The van der Waals surface area contributed by atoms with E-state index < -0.39 is 72.2 Å². The molecule has 1 aromatic rings. The fourth-order valence-electron chi connectivity index (χ4n) is 7.39. The molecule has 4 aliphatic rings. The molecule has 38 heavy (non-hydrogen) atoms. The highest BCUT2D eigenvalue weighted by molar-refractivity contribution is 5.91. The topological polar surface area (TPSA) is 165 Å². The van der Waals surface area contributed by atoms with Crippen molar-refractivity contribution in [3.05, 3.63) is 35.8 Å². The molecule has 3 fully saturated rings. The van der Waals surface area contributed by atoms with Crippen LogP contribution in [0, 0.1) is 22.7 Å². The molecule has 11 atom stereocenters. The van der Waals surface area contributed by atoms with E-state index in [9.17, 15) is 30.0 Å². The minimum Gasteiger partial charge on any atom is -0.472 e. The molecule has 11 heteroatoms. The highest BCUT2D eigenvalue weighted by Crippen LogP contribution is 2.66. The molecule has 1 saturated carbocycles. The summed E-state index contributed by atoms with van der Waals surface area (Å²) in [7, 11) is 1.34. The number of rotatable bonds is 7. The van der Waals surface area contributed by atoms with Crippen molar-refractivity contribution in [2.24, 2.45) is 22.7 Å². The Bertz CT molecular complexity index is 1070. The molecule has 0 amide bonds. The summed E-state index contributed by atoms with van der Waals surface area (Å²) in [6, 6.07) is 1.70. The van der Waals surface area contributed by atoms with E-state index in [-0.39, 0.29) is 18.3 Å². The lowest BCUT2D eigenvalue weighted by Gasteiger charge is -2.56. The summed E-state index contributed by atoms with van der Waals surface area (Å²) in [5.74, 6) is -1.35. The number of furan rings is 1. The average molecular weight is 537 g/mol. The standard InChI is InChI=1S/C27H36O11/c1-26(15-9-19(38-24(15)33)27(2)14(23(32)34-3)5-4-6-18(26)27)10-16(13-7-8-35-12-13)36-25-22(31)21(30)20(29)17(11-28)37-25/h5,7-8,12,15-22,25,28-31H,4,6,9-11H2,1-3H3/t15-,16-,17+,18-,19-,20+,21-,22+,25+,26+,27-/m0/s1. The molecular formula is C27H36O11. The zero-order valence-electron chi connectivity index (χ0n) is 21.7. The summed E-state index contributed by atoms with van der Waals surface area (Å²) in [5, 5.41) is 40.7. The van der Waals surface area contributed by atoms with Gasteiger partial charge in [0, 0.05) is 16.6 Å². The van der Waals surface area contributed by atoms with Crippen LogP contribution in [0.5, 0.6) is 0 Å². The summed E-state index contributed by atoms with van der Waals surface area (Å²) in [5.41, 5.74) is -0.344. The van der Waals surface area contributed by atoms with Crippen molar-refractivity contribution in [2.45, 2.75) is 82.4 Å². The molecule has 2 aliphatic heterocycles. The Morgan fingerprint density at radius 1 is 1.21 bits per heavy atom. The first-order chi connectivity index (χ1) is 18.1. The molecule has 0 aromatic carbocycles. The highest BCUT2D eigenvalue weighted by atomic mass is 16.7. The van der Waals surface area contributed by atoms with Crippen LogP contribution in [-0.2, 0) is 28.5 Å². The molecule has 210 valence electrons. The summed E-state index contributed by atoms with van der Waals surface area (Å²) in [4.78, 5) is 26.0. The fourth-order valence-corrected chi connectivity index (χ4v) is 7.39. The largest absolute Gasteiger partial charge is 0.472 e. The number of methoxy groups -OCH3 is 1. The third-order valence-electron chi connectivity index (χ3n) is 9.45. The SMILES string of the molecule is COC(=O)C1=CCC[C@H]2[C@](C)(C[C@H](O[C@@H]3O[C@H](CO)[C@@H](O)[C@H](O)[C@H]3O)c3ccoc3)[C@H]3C[C@H](OC3=O)[C@@]12C. The number of esters is 2. The van der Waals surface area contributed by atoms with Gasteiger partial charge in [0.2, 0.25) is 0 Å². The van der Waals surface area contributed by atoms with Crippen LogP contribution >= 0.6 is 0 Å². The second kappa shape index (κ2) is 10.0. The highest BCUT2D eigenvalue weighted by Gasteiger charge is 2.67. The van der Waals surface area contributed by atoms with Gasteiger partial charge in [-0.25, -0.2) is 4.79 Å². The molecule has 4 N–H and O–H groups in total. The molecule has 2 aliphatic carbocycles. The normalized spacial score (nSPS) is 43.1. The second-order valence-corrected chi connectivity index (χ2v) is 11.3. The van der Waals surface area contributed by atoms with Crippen molar-refractivity contribution in [1.82, 2.24) is 0 Å². The molecule has 5 rings (SSSR count). The van der Waals surface area contributed by atoms with Gasteiger partial charge in [-0.3, -0.25) is 4.79 Å². The lowest BCUT2D eigenvalue weighted by molar-refractivity contribution is -0.315. The molecule has 3 heterocycles. The lowest BCUT2D eigenvalue weighted by atomic mass is 9.46. The van der Waals surface area contributed by atoms with E-state index >= 15 is 0 Å². The maximum absolute atomic E-state index is 13.2. The first-order valence-corrected chi connectivity index (χ1v) is 13.0. The zero-order chi connectivity index (χ0) is 27.4. The number of hydrogen-bond acceptors (Lipinski definition) is 11. The van der Waals surface area contributed by atoms with Crippen LogP contribution < -0.4 is 0 Å². The van der Waals surface area contributed by atoms with Crippen molar-refractivity contribution < 1.29 is 53.4 Å². The van der Waals surface area contributed by atoms with E-state index in [0.29, 0.717) is 24.0 Å². The monoisotopic (exact) mass is 536 g/mol. The zero-order valence-corrected chi connectivity index (χ0v) is 21.7. The van der Waals surface area contributed by atoms with Gasteiger partial charge in [0.25, 0.3) is 0 Å². The fraction of sp³-hybridized carbons (Fsp3) is 0.704. The number of allylic oxidation sites excluding steroid dienone is 1. The van der Waals surface area contributed by atoms with Gasteiger partial charge < -0.3 is 43.8 Å². The van der Waals surface area contributed by atoms with Gasteiger partial charge in [-0.1, -0.05) is 19.9 Å². The van der Waals surface area contributed by atoms with Gasteiger partial charge in [-0.15, -0.1) is 0 Å². The van der Waals surface area contributed by atoms with E-state index in [0.717, 1.165) is 6.42 Å². The summed E-state index contributed by atoms with van der Waals surface area (Å²) in [6.07, 6.45) is -1.49. The number of fused-ring (bicyclic) bond motifs is 4. The summed E-state index contributed by atoms with van der Waals surface area (Å²) >= 11 is 0. The smallest absolute Gasteiger partial charge is 0.334 e. The predicted molar refractivity (Wildman–Crippen MR) is 128 cm³/mol. The average Bonchev–Trinajstić information content (AvgIpc) is 3.57. The third-order valence-corrected chi connectivity index (χ3v) is 9.45. The third kappa shape index (κ3) is 4.11. The van der Waals surface area contributed by atoms with E-state index in [1.165, 1.54) is 19.6 Å². The minimum atomic E-state index is -1.60. The number of ether oxygens (including phenoxy) is 4. The number of carbonyl (C=O) groups excluding carboxylic acids is 2. The van der Waals surface area contributed by atoms with Crippen LogP contribution in [0.3, 0.4) is 0 Å². The quantitative estimate of drug-likeness (QED) is 0.367. The lowest BCUT2D eigenvalue weighted by Crippen LogP contribution is -2.59. The van der Waals surface area contributed by atoms with Gasteiger partial charge >= 0.3 is 11.9 Å². The van der Waals surface area contributed by atoms with Crippen molar-refractivity contribution in [2.75, 3.05) is 13.7 Å². The predicted octanol–water partition coefficient (Wildman–Crippen LogP) is 0.995. The summed E-state index contributed by atoms with van der Waals surface area (Å²) < 4.78 is 28.2. The van der Waals surface area contributed by atoms with Crippen LogP contribution in [0.15, 0.2) is 34.7 Å². The van der Waals surface area contributed by atoms with Crippen LogP contribution in [0.2, 0.25) is 0 Å². The van der Waals surface area contributed by atoms with Crippen LogP contribution in [0.1, 0.15) is 51.2 Å². The van der Waals surface area contributed by atoms with Crippen molar-refractivity contribution >= 4 is 11.9 Å². The van der Waals surface area contributed by atoms with Gasteiger partial charge in [0.1, 0.15) is 30.5 Å². The first kappa shape index (κ1) is 27.3. The van der Waals surface area contributed by atoms with Crippen LogP contribution in [0.25, 0.3) is 0 Å². The van der Waals surface area contributed by atoms with Crippen molar-refractivity contribution in [3.8, 4) is 0 Å². The maximum Gasteiger partial charge on any atom is 0.334 e.